The molecule has 1 aliphatic heterocycles. The maximum absolute atomic E-state index is 12.0. The quantitative estimate of drug-likeness (QED) is 0.647. The van der Waals surface area contributed by atoms with Crippen molar-refractivity contribution < 1.29 is 9.90 Å². The summed E-state index contributed by atoms with van der Waals surface area (Å²) in [5, 5.41) is 9.60. The highest BCUT2D eigenvalue weighted by Crippen LogP contribution is 2.23. The van der Waals surface area contributed by atoms with Gasteiger partial charge in [0.25, 0.3) is 0 Å². The Morgan fingerprint density at radius 1 is 1.44 bits per heavy atom. The number of aromatic nitrogens is 2. The molecule has 0 spiro atoms. The Labute approximate surface area is 111 Å². The zero-order valence-electron chi connectivity index (χ0n) is 10.8. The number of hydrogen-bond acceptors (Lipinski definition) is 5. The van der Waals surface area contributed by atoms with E-state index in [1.165, 1.54) is 11.8 Å². The number of aryl methyl sites for hydroxylation is 2. The molecule has 0 aromatic carbocycles. The number of nitrogens with zero attached hydrogens (tertiary/aromatic N) is 3. The Bertz CT molecular complexity index is 440. The van der Waals surface area contributed by atoms with Gasteiger partial charge in [-0.05, 0) is 26.8 Å². The molecule has 1 N–H and O–H groups in total. The predicted molar refractivity (Wildman–Crippen MR) is 69.4 cm³/mol. The Balaban J connectivity index is 1.98. The van der Waals surface area contributed by atoms with E-state index in [-0.39, 0.29) is 17.3 Å². The van der Waals surface area contributed by atoms with E-state index < -0.39 is 0 Å². The van der Waals surface area contributed by atoms with Gasteiger partial charge in [-0.1, -0.05) is 11.8 Å². The molecule has 2 rings (SSSR count). The lowest BCUT2D eigenvalue weighted by Gasteiger charge is -2.37. The minimum atomic E-state index is -0.358. The zero-order chi connectivity index (χ0) is 13.3. The summed E-state index contributed by atoms with van der Waals surface area (Å²) in [6.07, 6.45) is -0.358. The second kappa shape index (κ2) is 5.24. The molecule has 6 heteroatoms. The molecule has 98 valence electrons. The van der Waals surface area contributed by atoms with Crippen LogP contribution in [-0.4, -0.2) is 50.3 Å². The van der Waals surface area contributed by atoms with E-state index in [4.69, 9.17) is 0 Å². The van der Waals surface area contributed by atoms with Gasteiger partial charge in [0.15, 0.2) is 5.16 Å². The van der Waals surface area contributed by atoms with Gasteiger partial charge in [-0.3, -0.25) is 4.79 Å². The molecule has 1 aliphatic rings. The number of carbonyl (C=O) groups excluding carboxylic acids is 1. The van der Waals surface area contributed by atoms with E-state index in [0.29, 0.717) is 18.2 Å². The second-order valence-corrected chi connectivity index (χ2v) is 5.90. The van der Waals surface area contributed by atoms with Gasteiger partial charge in [0, 0.05) is 24.5 Å². The fourth-order valence-corrected chi connectivity index (χ4v) is 2.81. The lowest BCUT2D eigenvalue weighted by molar-refractivity contribution is -0.140. The molecular formula is C12H17N3O2S. The lowest BCUT2D eigenvalue weighted by atomic mass is 10.1. The number of amides is 1. The van der Waals surface area contributed by atoms with Crippen molar-refractivity contribution in [3.05, 3.63) is 17.5 Å². The summed E-state index contributed by atoms with van der Waals surface area (Å²) in [5.74, 6) is 0.0352. The van der Waals surface area contributed by atoms with Gasteiger partial charge in [0.05, 0.1) is 11.4 Å². The number of aliphatic hydroxyl groups excluding tert-OH is 1. The first kappa shape index (κ1) is 13.3. The molecule has 0 radical (unpaired) electrons. The molecule has 1 fully saturated rings. The van der Waals surface area contributed by atoms with Gasteiger partial charge in [0.1, 0.15) is 0 Å². The van der Waals surface area contributed by atoms with Crippen LogP contribution < -0.4 is 0 Å². The number of likely N-dealkylation sites (tertiary alicyclic amines) is 1. The van der Waals surface area contributed by atoms with Crippen molar-refractivity contribution in [3.63, 3.8) is 0 Å². The van der Waals surface area contributed by atoms with Crippen LogP contribution in [0.1, 0.15) is 18.3 Å². The third kappa shape index (κ3) is 3.00. The van der Waals surface area contributed by atoms with E-state index >= 15 is 0 Å². The molecule has 1 aromatic rings. The van der Waals surface area contributed by atoms with Crippen molar-refractivity contribution in [1.82, 2.24) is 14.9 Å². The van der Waals surface area contributed by atoms with Crippen LogP contribution in [0.5, 0.6) is 0 Å². The first-order chi connectivity index (χ1) is 8.45. The van der Waals surface area contributed by atoms with Crippen LogP contribution >= 0.6 is 11.8 Å². The molecule has 1 amide bonds. The van der Waals surface area contributed by atoms with Crippen molar-refractivity contribution in [2.45, 2.75) is 37.3 Å². The van der Waals surface area contributed by atoms with Crippen molar-refractivity contribution >= 4 is 17.7 Å². The normalized spacial score (nSPS) is 17.4. The summed E-state index contributed by atoms with van der Waals surface area (Å²) >= 11 is 1.36. The Kier molecular flexibility index (Phi) is 3.87. The summed E-state index contributed by atoms with van der Waals surface area (Å²) in [6.45, 7) is 6.56. The summed E-state index contributed by atoms with van der Waals surface area (Å²) in [7, 11) is 0. The summed E-state index contributed by atoms with van der Waals surface area (Å²) < 4.78 is 0. The summed E-state index contributed by atoms with van der Waals surface area (Å²) in [5.41, 5.74) is 1.81. The van der Waals surface area contributed by atoms with Gasteiger partial charge in [-0.25, -0.2) is 9.97 Å². The van der Waals surface area contributed by atoms with Crippen molar-refractivity contribution in [2.75, 3.05) is 13.1 Å². The number of β-amino-alcohol motifs (C(OH)–C–C–N with tert-alkyl or cyclic N) is 1. The average Bonchev–Trinajstić information content (AvgIpc) is 2.22. The molecule has 0 unspecified atom stereocenters. The largest absolute Gasteiger partial charge is 0.389 e. The Morgan fingerprint density at radius 3 is 2.50 bits per heavy atom. The highest BCUT2D eigenvalue weighted by atomic mass is 32.2. The highest BCUT2D eigenvalue weighted by molar-refractivity contribution is 8.00. The molecule has 1 atom stereocenters. The number of aliphatic hydroxyl groups is 1. The Morgan fingerprint density at radius 2 is 2.00 bits per heavy atom. The van der Waals surface area contributed by atoms with Gasteiger partial charge < -0.3 is 10.0 Å². The first-order valence-corrected chi connectivity index (χ1v) is 6.79. The molecule has 0 saturated carbocycles. The van der Waals surface area contributed by atoms with E-state index in [1.54, 1.807) is 4.90 Å². The van der Waals surface area contributed by atoms with Gasteiger partial charge in [-0.2, -0.15) is 0 Å². The third-order valence-corrected chi connectivity index (χ3v) is 3.71. The molecule has 0 aliphatic carbocycles. The summed E-state index contributed by atoms with van der Waals surface area (Å²) in [4.78, 5) is 22.3. The first-order valence-electron chi connectivity index (χ1n) is 5.91. The van der Waals surface area contributed by atoms with Crippen LogP contribution in [0.2, 0.25) is 0 Å². The number of rotatable bonds is 3. The standard InChI is InChI=1S/C12H17N3O2S/c1-7-4-8(2)14-12(13-7)18-9(3)11(17)15-5-10(16)6-15/h4,9-10,16H,5-6H2,1-3H3/t9-/m1/s1. The van der Waals surface area contributed by atoms with E-state index in [9.17, 15) is 9.90 Å². The van der Waals surface area contributed by atoms with Crippen molar-refractivity contribution in [1.29, 1.82) is 0 Å². The molecular weight excluding hydrogens is 250 g/mol. The third-order valence-electron chi connectivity index (χ3n) is 2.77. The fourth-order valence-electron chi connectivity index (χ4n) is 1.85. The zero-order valence-corrected chi connectivity index (χ0v) is 11.6. The molecule has 0 bridgehead atoms. The lowest BCUT2D eigenvalue weighted by Crippen LogP contribution is -2.55. The van der Waals surface area contributed by atoms with Gasteiger partial charge in [-0.15, -0.1) is 0 Å². The highest BCUT2D eigenvalue weighted by Gasteiger charge is 2.32. The second-order valence-electron chi connectivity index (χ2n) is 4.59. The topological polar surface area (TPSA) is 66.3 Å². The number of thioether (sulfide) groups is 1. The maximum atomic E-state index is 12.0. The van der Waals surface area contributed by atoms with Crippen molar-refractivity contribution in [3.8, 4) is 0 Å². The average molecular weight is 267 g/mol. The number of hydrogen-bond donors (Lipinski definition) is 1. The minimum Gasteiger partial charge on any atom is -0.389 e. The number of carbonyl (C=O) groups is 1. The van der Waals surface area contributed by atoms with Crippen LogP contribution in [-0.2, 0) is 4.79 Å². The fraction of sp³-hybridized carbons (Fsp3) is 0.583. The van der Waals surface area contributed by atoms with Gasteiger partial charge >= 0.3 is 0 Å². The Hall–Kier alpha value is -1.14. The molecule has 1 saturated heterocycles. The van der Waals surface area contributed by atoms with Crippen LogP contribution in [0.3, 0.4) is 0 Å². The summed E-state index contributed by atoms with van der Waals surface area (Å²) in [6, 6.07) is 1.91. The van der Waals surface area contributed by atoms with Crippen LogP contribution in [0.15, 0.2) is 11.2 Å². The molecule has 2 heterocycles. The molecule has 18 heavy (non-hydrogen) atoms. The monoisotopic (exact) mass is 267 g/mol. The van der Waals surface area contributed by atoms with Crippen LogP contribution in [0.4, 0.5) is 0 Å². The van der Waals surface area contributed by atoms with Crippen molar-refractivity contribution in [2.24, 2.45) is 0 Å². The minimum absolute atomic E-state index is 0.0352. The van der Waals surface area contributed by atoms with Gasteiger partial charge in [0.2, 0.25) is 5.91 Å². The van der Waals surface area contributed by atoms with E-state index in [0.717, 1.165) is 11.4 Å². The van der Waals surface area contributed by atoms with Crippen LogP contribution in [0.25, 0.3) is 0 Å². The molecule has 5 nitrogen and oxygen atoms in total. The van der Waals surface area contributed by atoms with E-state index in [2.05, 4.69) is 9.97 Å². The SMILES string of the molecule is Cc1cc(C)nc(S[C@H](C)C(=O)N2CC(O)C2)n1. The van der Waals surface area contributed by atoms with Crippen LogP contribution in [0, 0.1) is 13.8 Å². The van der Waals surface area contributed by atoms with E-state index in [1.807, 2.05) is 26.8 Å². The smallest absolute Gasteiger partial charge is 0.236 e. The molecule has 1 aromatic heterocycles. The maximum Gasteiger partial charge on any atom is 0.236 e. The predicted octanol–water partition coefficient (Wildman–Crippen LogP) is 0.777.